The van der Waals surface area contributed by atoms with Crippen LogP contribution in [0.5, 0.6) is 0 Å². The number of benzene rings is 1. The molecule has 1 atom stereocenters. The lowest BCUT2D eigenvalue weighted by molar-refractivity contribution is -0.140. The fourth-order valence-corrected chi connectivity index (χ4v) is 4.49. The molecular formula is C16H23ClN4O3S. The zero-order valence-electron chi connectivity index (χ0n) is 13.9. The van der Waals surface area contributed by atoms with E-state index in [1.807, 2.05) is 29.2 Å². The summed E-state index contributed by atoms with van der Waals surface area (Å²) in [5.74, 6) is -0.0849. The van der Waals surface area contributed by atoms with Gasteiger partial charge in [0.1, 0.15) is 0 Å². The molecule has 0 aliphatic carbocycles. The van der Waals surface area contributed by atoms with Crippen LogP contribution >= 0.6 is 11.6 Å². The molecule has 3 N–H and O–H groups in total. The Labute approximate surface area is 153 Å². The minimum atomic E-state index is -3.67. The summed E-state index contributed by atoms with van der Waals surface area (Å²) in [6.45, 7) is 2.65. The second kappa shape index (κ2) is 7.59. The fraction of sp³-hybridized carbons (Fsp3) is 0.562. The number of nitrogens with zero attached hydrogens (tertiary/aromatic N) is 2. The van der Waals surface area contributed by atoms with E-state index in [9.17, 15) is 13.2 Å². The van der Waals surface area contributed by atoms with Gasteiger partial charge in [-0.2, -0.15) is 12.7 Å². The van der Waals surface area contributed by atoms with Crippen LogP contribution in [-0.2, 0) is 15.0 Å². The summed E-state index contributed by atoms with van der Waals surface area (Å²) < 4.78 is 24.1. The number of amides is 1. The molecule has 1 aromatic rings. The number of hydrogen-bond donors (Lipinski definition) is 2. The minimum Gasteiger partial charge on any atom is -0.333 e. The maximum Gasteiger partial charge on any atom is 0.276 e. The molecule has 2 aliphatic rings. The number of piperidine rings is 1. The number of carbonyl (C=O) groups excluding carboxylic acids is 1. The van der Waals surface area contributed by atoms with E-state index < -0.39 is 10.2 Å². The molecule has 2 aliphatic heterocycles. The Morgan fingerprint density at radius 2 is 1.96 bits per heavy atom. The highest BCUT2D eigenvalue weighted by molar-refractivity contribution is 7.86. The SMILES string of the molecule is NS(=O)(=O)N1CCC(C(=O)N2CCNCC2c2cccc(Cl)c2)CC1. The summed E-state index contributed by atoms with van der Waals surface area (Å²) in [7, 11) is -3.67. The Morgan fingerprint density at radius 1 is 1.24 bits per heavy atom. The molecule has 0 aromatic heterocycles. The molecule has 0 spiro atoms. The number of rotatable bonds is 3. The normalized spacial score (nSPS) is 23.6. The van der Waals surface area contributed by atoms with Gasteiger partial charge >= 0.3 is 0 Å². The van der Waals surface area contributed by atoms with Gasteiger partial charge in [-0.05, 0) is 30.5 Å². The van der Waals surface area contributed by atoms with Crippen molar-refractivity contribution in [3.8, 4) is 0 Å². The van der Waals surface area contributed by atoms with Crippen LogP contribution in [0.3, 0.4) is 0 Å². The zero-order valence-corrected chi connectivity index (χ0v) is 15.5. The summed E-state index contributed by atoms with van der Waals surface area (Å²) in [6.07, 6.45) is 1.00. The lowest BCUT2D eigenvalue weighted by Crippen LogP contribution is -2.52. The largest absolute Gasteiger partial charge is 0.333 e. The Morgan fingerprint density at radius 3 is 2.60 bits per heavy atom. The first-order valence-electron chi connectivity index (χ1n) is 8.41. The van der Waals surface area contributed by atoms with Crippen molar-refractivity contribution < 1.29 is 13.2 Å². The van der Waals surface area contributed by atoms with E-state index in [0.717, 1.165) is 12.1 Å². The van der Waals surface area contributed by atoms with Crippen LogP contribution < -0.4 is 10.5 Å². The van der Waals surface area contributed by atoms with Crippen molar-refractivity contribution in [3.63, 3.8) is 0 Å². The van der Waals surface area contributed by atoms with Crippen LogP contribution in [-0.4, -0.2) is 56.3 Å². The lowest BCUT2D eigenvalue weighted by atomic mass is 9.94. The van der Waals surface area contributed by atoms with Crippen molar-refractivity contribution in [1.29, 1.82) is 0 Å². The van der Waals surface area contributed by atoms with Crippen molar-refractivity contribution in [2.45, 2.75) is 18.9 Å². The van der Waals surface area contributed by atoms with Crippen molar-refractivity contribution >= 4 is 27.7 Å². The van der Waals surface area contributed by atoms with Crippen LogP contribution in [0.1, 0.15) is 24.4 Å². The summed E-state index contributed by atoms with van der Waals surface area (Å²) in [5, 5.41) is 9.15. The van der Waals surface area contributed by atoms with Gasteiger partial charge in [0.05, 0.1) is 6.04 Å². The van der Waals surface area contributed by atoms with Gasteiger partial charge < -0.3 is 10.2 Å². The highest BCUT2D eigenvalue weighted by atomic mass is 35.5. The van der Waals surface area contributed by atoms with Gasteiger partial charge in [-0.1, -0.05) is 23.7 Å². The van der Waals surface area contributed by atoms with Gasteiger partial charge in [0.2, 0.25) is 5.91 Å². The summed E-state index contributed by atoms with van der Waals surface area (Å²) >= 11 is 6.10. The third kappa shape index (κ3) is 4.32. The standard InChI is InChI=1S/C16H23ClN4O3S/c17-14-3-1-2-13(10-14)15-11-19-6-9-21(15)16(22)12-4-7-20(8-5-12)25(18,23)24/h1-3,10,12,15,19H,4-9,11H2,(H2,18,23,24). The Bertz CT molecular complexity index is 735. The van der Waals surface area contributed by atoms with Crippen molar-refractivity contribution in [2.75, 3.05) is 32.7 Å². The third-order valence-corrected chi connectivity index (χ3v) is 6.24. The molecular weight excluding hydrogens is 364 g/mol. The highest BCUT2D eigenvalue weighted by Crippen LogP contribution is 2.29. The number of carbonyl (C=O) groups is 1. The zero-order chi connectivity index (χ0) is 18.0. The van der Waals surface area contributed by atoms with Crippen LogP contribution in [0.15, 0.2) is 24.3 Å². The average Bonchev–Trinajstić information content (AvgIpc) is 2.60. The molecule has 3 rings (SSSR count). The molecule has 2 heterocycles. The topological polar surface area (TPSA) is 95.7 Å². The Hall–Kier alpha value is -1.19. The molecule has 9 heteroatoms. The van der Waals surface area contributed by atoms with Gasteiger partial charge in [-0.25, -0.2) is 5.14 Å². The first kappa shape index (κ1) is 18.6. The summed E-state index contributed by atoms with van der Waals surface area (Å²) in [5.41, 5.74) is 1.01. The van der Waals surface area contributed by atoms with E-state index in [2.05, 4.69) is 5.32 Å². The smallest absolute Gasteiger partial charge is 0.276 e. The number of nitrogens with one attached hydrogen (secondary N) is 1. The van der Waals surface area contributed by atoms with Crippen molar-refractivity contribution in [2.24, 2.45) is 11.1 Å². The molecule has 0 radical (unpaired) electrons. The van der Waals surface area contributed by atoms with E-state index in [-0.39, 0.29) is 17.9 Å². The van der Waals surface area contributed by atoms with Crippen molar-refractivity contribution in [1.82, 2.24) is 14.5 Å². The second-order valence-electron chi connectivity index (χ2n) is 6.52. The predicted molar refractivity (Wildman–Crippen MR) is 96.2 cm³/mol. The van der Waals surface area contributed by atoms with Crippen LogP contribution in [0.2, 0.25) is 5.02 Å². The predicted octanol–water partition coefficient (Wildman–Crippen LogP) is 0.728. The van der Waals surface area contributed by atoms with Crippen LogP contribution in [0.25, 0.3) is 0 Å². The minimum absolute atomic E-state index is 0.0591. The fourth-order valence-electron chi connectivity index (χ4n) is 3.57. The summed E-state index contributed by atoms with van der Waals surface area (Å²) in [4.78, 5) is 14.9. The molecule has 7 nitrogen and oxygen atoms in total. The maximum absolute atomic E-state index is 13.0. The average molecular weight is 387 g/mol. The van der Waals surface area contributed by atoms with E-state index in [1.54, 1.807) is 0 Å². The van der Waals surface area contributed by atoms with Crippen LogP contribution in [0, 0.1) is 5.92 Å². The molecule has 1 amide bonds. The monoisotopic (exact) mass is 386 g/mol. The third-order valence-electron chi connectivity index (χ3n) is 4.92. The molecule has 0 bridgehead atoms. The van der Waals surface area contributed by atoms with E-state index in [0.29, 0.717) is 44.0 Å². The van der Waals surface area contributed by atoms with Gasteiger partial charge in [0, 0.05) is 43.7 Å². The highest BCUT2D eigenvalue weighted by Gasteiger charge is 2.35. The van der Waals surface area contributed by atoms with Crippen molar-refractivity contribution in [3.05, 3.63) is 34.9 Å². The first-order valence-corrected chi connectivity index (χ1v) is 10.3. The molecule has 2 saturated heterocycles. The Kier molecular flexibility index (Phi) is 5.65. The first-order chi connectivity index (χ1) is 11.9. The van der Waals surface area contributed by atoms with Crippen LogP contribution in [0.4, 0.5) is 0 Å². The summed E-state index contributed by atoms with van der Waals surface area (Å²) in [6, 6.07) is 7.52. The number of piperazine rings is 1. The number of hydrogen-bond acceptors (Lipinski definition) is 4. The van der Waals surface area contributed by atoms with E-state index in [4.69, 9.17) is 16.7 Å². The molecule has 0 saturated carbocycles. The Balaban J connectivity index is 1.72. The molecule has 25 heavy (non-hydrogen) atoms. The van der Waals surface area contributed by atoms with Gasteiger partial charge in [0.25, 0.3) is 10.2 Å². The van der Waals surface area contributed by atoms with E-state index >= 15 is 0 Å². The van der Waals surface area contributed by atoms with Gasteiger partial charge in [-0.3, -0.25) is 4.79 Å². The van der Waals surface area contributed by atoms with Gasteiger partial charge in [0.15, 0.2) is 0 Å². The lowest BCUT2D eigenvalue weighted by Gasteiger charge is -2.40. The second-order valence-corrected chi connectivity index (χ2v) is 8.51. The molecule has 1 aromatic carbocycles. The number of nitrogens with two attached hydrogens (primary N) is 1. The van der Waals surface area contributed by atoms with Gasteiger partial charge in [-0.15, -0.1) is 0 Å². The van der Waals surface area contributed by atoms with E-state index in [1.165, 1.54) is 4.31 Å². The molecule has 2 fully saturated rings. The molecule has 1 unspecified atom stereocenters. The quantitative estimate of drug-likeness (QED) is 0.800. The maximum atomic E-state index is 13.0. The molecule has 138 valence electrons. The number of halogens is 1.